The fraction of sp³-hybridized carbons (Fsp3) is 0. The number of hydrogen-bond acceptors (Lipinski definition) is 4. The molecule has 0 aromatic rings. The summed E-state index contributed by atoms with van der Waals surface area (Å²) in [6.45, 7) is 0. The molecule has 0 bridgehead atoms. The van der Waals surface area contributed by atoms with Gasteiger partial charge in [-0.15, -0.1) is 0 Å². The molecule has 0 unspecified atom stereocenters. The molecule has 0 atom stereocenters. The van der Waals surface area contributed by atoms with Crippen LogP contribution in [-0.4, -0.2) is 13.0 Å². The second-order valence-corrected chi connectivity index (χ2v) is 1.64. The van der Waals surface area contributed by atoms with Crippen molar-refractivity contribution in [1.29, 1.82) is 5.26 Å². The van der Waals surface area contributed by atoms with E-state index in [1.807, 2.05) is 0 Å². The van der Waals surface area contributed by atoms with Crippen LogP contribution in [-0.2, 0) is 10.1 Å². The molecule has 0 saturated carbocycles. The first-order valence-corrected chi connectivity index (χ1v) is 2.34. The summed E-state index contributed by atoms with van der Waals surface area (Å²) < 4.78 is 27.2. The molecule has 0 radical (unpaired) electrons. The molecule has 0 aliphatic carbocycles. The largest absolute Gasteiger partial charge is 1.00 e. The van der Waals surface area contributed by atoms with E-state index in [0.717, 1.165) is 0 Å². The van der Waals surface area contributed by atoms with Gasteiger partial charge in [-0.1, -0.05) is 0 Å². The van der Waals surface area contributed by atoms with Crippen LogP contribution in [0, 0.1) is 10.7 Å². The Morgan fingerprint density at radius 2 is 1.71 bits per heavy atom. The Labute approximate surface area is 53.1 Å². The van der Waals surface area contributed by atoms with E-state index in [9.17, 15) is 0 Å². The number of nitriles is 1. The quantitative estimate of drug-likeness (QED) is 0.139. The van der Waals surface area contributed by atoms with Gasteiger partial charge < -0.3 is 4.55 Å². The predicted octanol–water partition coefficient (Wildman–Crippen LogP) is -3.98. The zero-order valence-corrected chi connectivity index (χ0v) is 4.40. The summed E-state index contributed by atoms with van der Waals surface area (Å²) >= 11 is 0. The van der Waals surface area contributed by atoms with Gasteiger partial charge in [-0.3, -0.25) is 0 Å². The third kappa shape index (κ3) is 10.7. The van der Waals surface area contributed by atoms with E-state index in [1.54, 1.807) is 0 Å². The molecule has 0 rings (SSSR count). The van der Waals surface area contributed by atoms with Crippen molar-refractivity contribution in [3.05, 3.63) is 0 Å². The van der Waals surface area contributed by atoms with E-state index in [1.165, 1.54) is 0 Å². The number of nitrogens with zero attached hydrogens (tertiary/aromatic N) is 1. The molecule has 0 aromatic carbocycles. The van der Waals surface area contributed by atoms with Crippen LogP contribution in [0.25, 0.3) is 0 Å². The number of rotatable bonds is 0. The van der Waals surface area contributed by atoms with Gasteiger partial charge in [-0.05, 0) is 0 Å². The molecule has 0 amide bonds. The molecule has 0 aromatic heterocycles. The van der Waals surface area contributed by atoms with Crippen molar-refractivity contribution in [2.45, 2.75) is 0 Å². The second kappa shape index (κ2) is 3.06. The average Bonchev–Trinajstić information content (AvgIpc) is 1.35. The first-order valence-electron chi connectivity index (χ1n) is 0.928. The van der Waals surface area contributed by atoms with Crippen LogP contribution < -0.4 is 18.9 Å². The zero-order chi connectivity index (χ0) is 5.21. The number of thiocyanates is 1. The van der Waals surface area contributed by atoms with Gasteiger partial charge in [-0.25, -0.2) is 8.42 Å². The fourth-order valence-electron chi connectivity index (χ4n) is 0. The van der Waals surface area contributed by atoms with Gasteiger partial charge in [0, 0.05) is 0 Å². The predicted molar refractivity (Wildman–Crippen MR) is 15.3 cm³/mol. The Balaban J connectivity index is 0. The molecule has 0 aliphatic heterocycles. The van der Waals surface area contributed by atoms with Crippen molar-refractivity contribution in [3.63, 3.8) is 0 Å². The van der Waals surface area contributed by atoms with Crippen molar-refractivity contribution < 1.29 is 31.8 Å². The summed E-state index contributed by atoms with van der Waals surface area (Å²) in [5.41, 5.74) is 0. The zero-order valence-electron chi connectivity index (χ0n) is 3.58. The summed E-state index contributed by atoms with van der Waals surface area (Å²) in [6.07, 6.45) is 0. The van der Waals surface area contributed by atoms with Gasteiger partial charge >= 0.3 is 18.9 Å². The molecule has 0 heterocycles. The van der Waals surface area contributed by atoms with E-state index >= 15 is 0 Å². The van der Waals surface area contributed by atoms with Crippen LogP contribution in [0.1, 0.15) is 0 Å². The maximum atomic E-state index is 9.08. The van der Waals surface area contributed by atoms with Crippen LogP contribution in [0.2, 0.25) is 0 Å². The monoisotopic (exact) mass is 113 g/mol. The van der Waals surface area contributed by atoms with Crippen LogP contribution in [0.4, 0.5) is 0 Å². The van der Waals surface area contributed by atoms with Crippen LogP contribution >= 0.6 is 0 Å². The summed E-state index contributed by atoms with van der Waals surface area (Å²) in [4.78, 5) is 0. The van der Waals surface area contributed by atoms with Crippen molar-refractivity contribution in [3.8, 4) is 5.40 Å². The van der Waals surface area contributed by atoms with E-state index in [0.29, 0.717) is 5.40 Å². The molecule has 34 valence electrons. The SMILES string of the molecule is N#CS(=O)(=O)[O-].[Li+]. The van der Waals surface area contributed by atoms with Gasteiger partial charge in [0.05, 0.1) is 0 Å². The number of hydrogen-bond donors (Lipinski definition) is 0. The van der Waals surface area contributed by atoms with Crippen molar-refractivity contribution in [1.82, 2.24) is 0 Å². The standard InChI is InChI=1S/CHNO3S.Li/c2-1-6(3,4)5;/h(H,3,4,5);/q;+1/p-1. The van der Waals surface area contributed by atoms with Crippen LogP contribution in [0.5, 0.6) is 0 Å². The summed E-state index contributed by atoms with van der Waals surface area (Å²) in [5.74, 6) is 0. The summed E-state index contributed by atoms with van der Waals surface area (Å²) in [7, 11) is -4.61. The maximum Gasteiger partial charge on any atom is 1.00 e. The molecule has 0 spiro atoms. The van der Waals surface area contributed by atoms with Crippen molar-refractivity contribution in [2.24, 2.45) is 0 Å². The Morgan fingerprint density at radius 3 is 1.71 bits per heavy atom. The van der Waals surface area contributed by atoms with Crippen molar-refractivity contribution >= 4 is 10.1 Å². The minimum Gasteiger partial charge on any atom is -0.736 e. The third-order valence-electron chi connectivity index (χ3n) is 0.112. The molecular formula is CLiNO3S. The third-order valence-corrected chi connectivity index (χ3v) is 0.335. The molecule has 0 fully saturated rings. The summed E-state index contributed by atoms with van der Waals surface area (Å²) in [5, 5.41) is 7.77. The van der Waals surface area contributed by atoms with E-state index < -0.39 is 10.1 Å². The molecule has 0 saturated heterocycles. The van der Waals surface area contributed by atoms with Crippen LogP contribution in [0.3, 0.4) is 0 Å². The fourth-order valence-corrected chi connectivity index (χ4v) is 0. The Kier molecular flexibility index (Phi) is 4.40. The van der Waals surface area contributed by atoms with Crippen LogP contribution in [0.15, 0.2) is 0 Å². The maximum absolute atomic E-state index is 9.08. The molecule has 0 N–H and O–H groups in total. The molecule has 7 heavy (non-hydrogen) atoms. The van der Waals surface area contributed by atoms with Gasteiger partial charge in [0.2, 0.25) is 0 Å². The van der Waals surface area contributed by atoms with Crippen molar-refractivity contribution in [2.75, 3.05) is 0 Å². The average molecular weight is 113 g/mol. The Bertz CT molecular complexity index is 164. The van der Waals surface area contributed by atoms with E-state index in [-0.39, 0.29) is 18.9 Å². The first kappa shape index (κ1) is 10.1. The smallest absolute Gasteiger partial charge is 0.736 e. The second-order valence-electron chi connectivity index (χ2n) is 0.545. The molecule has 6 heteroatoms. The van der Waals surface area contributed by atoms with E-state index in [2.05, 4.69) is 0 Å². The minimum atomic E-state index is -4.61. The summed E-state index contributed by atoms with van der Waals surface area (Å²) in [6, 6.07) is 0. The molecular weight excluding hydrogens is 113 g/mol. The van der Waals surface area contributed by atoms with Gasteiger partial charge in [0.15, 0.2) is 15.5 Å². The Hall–Kier alpha value is -0.00260. The normalized spacial score (nSPS) is 8.57. The Morgan fingerprint density at radius 1 is 1.57 bits per heavy atom. The van der Waals surface area contributed by atoms with Gasteiger partial charge in [0.25, 0.3) is 0 Å². The minimum absolute atomic E-state index is 0. The van der Waals surface area contributed by atoms with Gasteiger partial charge in [0.1, 0.15) is 0 Å². The first-order chi connectivity index (χ1) is 2.56. The topological polar surface area (TPSA) is 81.0 Å². The van der Waals surface area contributed by atoms with E-state index in [4.69, 9.17) is 18.2 Å². The van der Waals surface area contributed by atoms with Gasteiger partial charge in [-0.2, -0.15) is 5.26 Å². The molecule has 4 nitrogen and oxygen atoms in total. The molecule has 0 aliphatic rings.